The Kier molecular flexibility index (Phi) is 7.53. The molecule has 2 aromatic rings. The summed E-state index contributed by atoms with van der Waals surface area (Å²) in [4.78, 5) is 22.5. The highest BCUT2D eigenvalue weighted by Crippen LogP contribution is 2.24. The van der Waals surface area contributed by atoms with Crippen LogP contribution in [0, 0.1) is 0 Å². The molecule has 4 rings (SSSR count). The van der Waals surface area contributed by atoms with Gasteiger partial charge in [0.15, 0.2) is 0 Å². The molecule has 1 amide bonds. The van der Waals surface area contributed by atoms with Crippen molar-refractivity contribution in [3.05, 3.63) is 59.7 Å². The minimum absolute atomic E-state index is 0.0337. The smallest absolute Gasteiger partial charge is 0.263 e. The Hall–Kier alpha value is -2.91. The van der Waals surface area contributed by atoms with Gasteiger partial charge in [0.25, 0.3) is 10.0 Å². The highest BCUT2D eigenvalue weighted by molar-refractivity contribution is 7.90. The van der Waals surface area contributed by atoms with Crippen LogP contribution in [0.25, 0.3) is 0 Å². The summed E-state index contributed by atoms with van der Waals surface area (Å²) in [6.45, 7) is 5.72. The number of ether oxygens (including phenoxy) is 1. The van der Waals surface area contributed by atoms with Crippen LogP contribution in [0.3, 0.4) is 0 Å². The van der Waals surface area contributed by atoms with E-state index in [2.05, 4.69) is 33.7 Å². The predicted molar refractivity (Wildman–Crippen MR) is 131 cm³/mol. The fraction of sp³-hybridized carbons (Fsp3) is 0.440. The number of aliphatic imine (C=N–C) groups is 1. The highest BCUT2D eigenvalue weighted by atomic mass is 32.2. The number of rotatable bonds is 8. The summed E-state index contributed by atoms with van der Waals surface area (Å²) in [5.41, 5.74) is 1.74. The average Bonchev–Trinajstić information content (AvgIpc) is 3.12. The molecule has 0 aromatic heterocycles. The van der Waals surface area contributed by atoms with Crippen molar-refractivity contribution in [2.75, 3.05) is 33.3 Å². The summed E-state index contributed by atoms with van der Waals surface area (Å²) in [6.07, 6.45) is 2.38. The third-order valence-electron chi connectivity index (χ3n) is 6.31. The minimum atomic E-state index is -3.63. The Morgan fingerprint density at radius 2 is 1.79 bits per heavy atom. The number of sulfonamides is 1. The van der Waals surface area contributed by atoms with Crippen molar-refractivity contribution in [2.45, 2.75) is 43.7 Å². The molecule has 1 N–H and O–H groups in total. The van der Waals surface area contributed by atoms with Crippen LogP contribution in [-0.2, 0) is 21.4 Å². The molecule has 2 heterocycles. The van der Waals surface area contributed by atoms with E-state index in [1.54, 1.807) is 31.4 Å². The maximum Gasteiger partial charge on any atom is 0.263 e. The van der Waals surface area contributed by atoms with Gasteiger partial charge in [0.05, 0.1) is 12.0 Å². The molecular weight excluding hydrogens is 452 g/mol. The molecule has 0 saturated carbocycles. The Morgan fingerprint density at radius 3 is 2.47 bits per heavy atom. The molecule has 2 aliphatic rings. The van der Waals surface area contributed by atoms with Gasteiger partial charge in [-0.3, -0.25) is 19.4 Å². The normalized spacial score (nSPS) is 19.5. The van der Waals surface area contributed by atoms with Gasteiger partial charge >= 0.3 is 0 Å². The van der Waals surface area contributed by atoms with Crippen molar-refractivity contribution in [3.63, 3.8) is 0 Å². The molecule has 2 aromatic carbocycles. The molecule has 2 aliphatic heterocycles. The zero-order chi connectivity index (χ0) is 24.1. The van der Waals surface area contributed by atoms with E-state index in [-0.39, 0.29) is 16.6 Å². The number of amidine groups is 1. The summed E-state index contributed by atoms with van der Waals surface area (Å²) in [5.74, 6) is 1.07. The summed E-state index contributed by atoms with van der Waals surface area (Å²) in [5, 5.41) is 0. The number of amides is 1. The summed E-state index contributed by atoms with van der Waals surface area (Å²) in [7, 11) is -1.98. The minimum Gasteiger partial charge on any atom is -0.497 e. The number of hydrogen-bond acceptors (Lipinski definition) is 6. The van der Waals surface area contributed by atoms with E-state index in [0.29, 0.717) is 25.1 Å². The molecule has 0 aliphatic carbocycles. The monoisotopic (exact) mass is 484 g/mol. The number of carbonyl (C=O) groups excluding carboxylic acids is 1. The molecule has 9 heteroatoms. The lowest BCUT2D eigenvalue weighted by molar-refractivity contribution is -0.134. The molecule has 1 saturated heterocycles. The van der Waals surface area contributed by atoms with Gasteiger partial charge in [-0.05, 0) is 36.2 Å². The Bertz CT molecular complexity index is 1140. The van der Waals surface area contributed by atoms with Crippen molar-refractivity contribution in [1.82, 2.24) is 14.5 Å². The van der Waals surface area contributed by atoms with Gasteiger partial charge < -0.3 is 9.64 Å². The maximum absolute atomic E-state index is 13.4. The number of carbonyl (C=O) groups is 1. The van der Waals surface area contributed by atoms with E-state index in [0.717, 1.165) is 38.2 Å². The van der Waals surface area contributed by atoms with Gasteiger partial charge in [0.1, 0.15) is 17.6 Å². The number of unbranched alkanes of at least 4 members (excludes halogenated alkanes) is 1. The Labute approximate surface area is 201 Å². The van der Waals surface area contributed by atoms with Crippen LogP contribution in [0.5, 0.6) is 5.75 Å². The number of methoxy groups -OCH3 is 1. The van der Waals surface area contributed by atoms with Crippen LogP contribution >= 0.6 is 0 Å². The molecule has 1 fully saturated rings. The van der Waals surface area contributed by atoms with E-state index in [1.165, 1.54) is 5.56 Å². The fourth-order valence-electron chi connectivity index (χ4n) is 4.35. The van der Waals surface area contributed by atoms with Crippen molar-refractivity contribution in [2.24, 2.45) is 4.99 Å². The second-order valence-corrected chi connectivity index (χ2v) is 10.3. The lowest BCUT2D eigenvalue weighted by atomic mass is 10.1. The van der Waals surface area contributed by atoms with Crippen molar-refractivity contribution < 1.29 is 17.9 Å². The number of benzene rings is 2. The molecule has 1 atom stereocenters. The van der Waals surface area contributed by atoms with Crippen molar-refractivity contribution in [3.8, 4) is 5.75 Å². The van der Waals surface area contributed by atoms with Gasteiger partial charge in [-0.1, -0.05) is 44.0 Å². The summed E-state index contributed by atoms with van der Waals surface area (Å²) in [6, 6.07) is 14.2. The van der Waals surface area contributed by atoms with E-state index in [1.807, 2.05) is 17.0 Å². The highest BCUT2D eigenvalue weighted by Gasteiger charge is 2.33. The van der Waals surface area contributed by atoms with E-state index in [9.17, 15) is 13.2 Å². The maximum atomic E-state index is 13.4. The number of fused-ring (bicyclic) bond motifs is 1. The second kappa shape index (κ2) is 10.6. The van der Waals surface area contributed by atoms with Gasteiger partial charge in [-0.2, -0.15) is 0 Å². The number of piperazine rings is 1. The van der Waals surface area contributed by atoms with E-state index >= 15 is 0 Å². The first kappa shape index (κ1) is 24.2. The Balaban J connectivity index is 1.43. The van der Waals surface area contributed by atoms with Crippen LogP contribution in [0.4, 0.5) is 0 Å². The quantitative estimate of drug-likeness (QED) is 0.622. The van der Waals surface area contributed by atoms with Gasteiger partial charge in [0.2, 0.25) is 5.91 Å². The molecule has 0 bridgehead atoms. The molecule has 0 spiro atoms. The molecule has 34 heavy (non-hydrogen) atoms. The third-order valence-corrected chi connectivity index (χ3v) is 7.71. The first-order chi connectivity index (χ1) is 16.4. The lowest BCUT2D eigenvalue weighted by Crippen LogP contribution is -2.51. The third kappa shape index (κ3) is 5.42. The topological polar surface area (TPSA) is 91.3 Å². The largest absolute Gasteiger partial charge is 0.497 e. The fourth-order valence-corrected chi connectivity index (χ4v) is 5.59. The zero-order valence-electron chi connectivity index (χ0n) is 19.7. The molecule has 1 unspecified atom stereocenters. The number of nitrogens with one attached hydrogen (secondary N) is 1. The standard InChI is InChI=1S/C25H32N4O4S/c1-3-4-8-22(26-24-21-7-5-6-9-23(21)34(31,32)27-24)25(30)29-16-14-28(15-17-29)18-19-10-12-20(33-2)13-11-19/h5-7,9-13,22H,3-4,8,14-18H2,1-2H3,(H,26,27). The van der Waals surface area contributed by atoms with Crippen LogP contribution in [0.2, 0.25) is 0 Å². The van der Waals surface area contributed by atoms with E-state index < -0.39 is 16.1 Å². The molecule has 8 nitrogen and oxygen atoms in total. The molecule has 182 valence electrons. The van der Waals surface area contributed by atoms with Crippen LogP contribution in [-0.4, -0.2) is 69.3 Å². The number of nitrogens with zero attached hydrogens (tertiary/aromatic N) is 3. The molecular formula is C25H32N4O4S. The first-order valence-electron chi connectivity index (χ1n) is 11.8. The zero-order valence-corrected chi connectivity index (χ0v) is 20.6. The molecule has 0 radical (unpaired) electrons. The summed E-state index contributed by atoms with van der Waals surface area (Å²) < 4.78 is 32.7. The van der Waals surface area contributed by atoms with Crippen molar-refractivity contribution >= 4 is 21.8 Å². The Morgan fingerprint density at radius 1 is 1.09 bits per heavy atom. The summed E-state index contributed by atoms with van der Waals surface area (Å²) >= 11 is 0. The van der Waals surface area contributed by atoms with Crippen LogP contribution < -0.4 is 9.46 Å². The van der Waals surface area contributed by atoms with Gasteiger partial charge in [-0.15, -0.1) is 0 Å². The predicted octanol–water partition coefficient (Wildman–Crippen LogP) is 2.64. The number of hydrogen-bond donors (Lipinski definition) is 1. The second-order valence-electron chi connectivity index (χ2n) is 8.69. The first-order valence-corrected chi connectivity index (χ1v) is 13.2. The van der Waals surface area contributed by atoms with Crippen LogP contribution in [0.1, 0.15) is 37.3 Å². The average molecular weight is 485 g/mol. The van der Waals surface area contributed by atoms with Gasteiger partial charge in [0, 0.05) is 38.3 Å². The SMILES string of the molecule is CCCCC(N=C1NS(=O)(=O)c2ccccc21)C(=O)N1CCN(Cc2ccc(OC)cc2)CC1. The lowest BCUT2D eigenvalue weighted by Gasteiger charge is -2.36. The van der Waals surface area contributed by atoms with Gasteiger partial charge in [-0.25, -0.2) is 8.42 Å². The van der Waals surface area contributed by atoms with Crippen molar-refractivity contribution in [1.29, 1.82) is 0 Å². The van der Waals surface area contributed by atoms with Crippen LogP contribution in [0.15, 0.2) is 58.4 Å². The van der Waals surface area contributed by atoms with E-state index in [4.69, 9.17) is 4.74 Å².